The summed E-state index contributed by atoms with van der Waals surface area (Å²) in [6, 6.07) is 8.72. The van der Waals surface area contributed by atoms with E-state index in [4.69, 9.17) is 4.98 Å². The maximum atomic E-state index is 13.4. The molecular formula is C30H39N5O3S. The number of aryl methyl sites for hydroxylation is 1. The molecule has 2 aliphatic carbocycles. The van der Waals surface area contributed by atoms with Crippen molar-refractivity contribution < 1.29 is 8.42 Å². The number of rotatable bonds is 6. The Kier molecular flexibility index (Phi) is 6.78. The van der Waals surface area contributed by atoms with E-state index in [1.807, 2.05) is 11.5 Å². The normalized spacial score (nSPS) is 20.6. The van der Waals surface area contributed by atoms with E-state index in [1.165, 1.54) is 12.8 Å². The summed E-state index contributed by atoms with van der Waals surface area (Å²) in [5.41, 5.74) is 2.31. The second kappa shape index (κ2) is 10.0. The number of fused-ring (bicyclic) bond motifs is 1. The monoisotopic (exact) mass is 549 g/mol. The number of anilines is 2. The van der Waals surface area contributed by atoms with E-state index in [2.05, 4.69) is 24.1 Å². The van der Waals surface area contributed by atoms with Crippen LogP contribution in [0.5, 0.6) is 0 Å². The quantitative estimate of drug-likeness (QED) is 0.418. The molecular weight excluding hydrogens is 510 g/mol. The van der Waals surface area contributed by atoms with Gasteiger partial charge in [0.25, 0.3) is 5.56 Å². The average Bonchev–Trinajstić information content (AvgIpc) is 3.42. The van der Waals surface area contributed by atoms with Crippen molar-refractivity contribution in [3.8, 4) is 0 Å². The molecule has 2 saturated carbocycles. The van der Waals surface area contributed by atoms with Gasteiger partial charge < -0.3 is 5.32 Å². The lowest BCUT2D eigenvalue weighted by molar-refractivity contribution is 0.00822. The van der Waals surface area contributed by atoms with Crippen LogP contribution in [-0.4, -0.2) is 40.3 Å². The molecule has 3 aromatic rings. The maximum absolute atomic E-state index is 13.4. The molecule has 0 bridgehead atoms. The fourth-order valence-corrected chi connectivity index (χ4v) is 8.68. The van der Waals surface area contributed by atoms with E-state index in [1.54, 1.807) is 40.8 Å². The smallest absolute Gasteiger partial charge is 0.252 e. The third-order valence-corrected chi connectivity index (χ3v) is 11.3. The second-order valence-electron chi connectivity index (χ2n) is 12.4. The van der Waals surface area contributed by atoms with Crippen LogP contribution < -0.4 is 10.9 Å². The van der Waals surface area contributed by atoms with E-state index in [9.17, 15) is 13.2 Å². The Morgan fingerprint density at radius 1 is 1.03 bits per heavy atom. The molecule has 0 amide bonds. The van der Waals surface area contributed by atoms with Crippen molar-refractivity contribution in [2.24, 2.45) is 17.3 Å². The summed E-state index contributed by atoms with van der Waals surface area (Å²) in [5.74, 6) is 1.86. The van der Waals surface area contributed by atoms with Gasteiger partial charge >= 0.3 is 0 Å². The Bertz CT molecular complexity index is 1540. The Morgan fingerprint density at radius 2 is 1.74 bits per heavy atom. The Balaban J connectivity index is 1.18. The van der Waals surface area contributed by atoms with Crippen LogP contribution in [0.3, 0.4) is 0 Å². The number of benzene rings is 1. The van der Waals surface area contributed by atoms with Gasteiger partial charge in [-0.05, 0) is 92.5 Å². The van der Waals surface area contributed by atoms with Crippen LogP contribution in [0.15, 0.2) is 46.2 Å². The predicted molar refractivity (Wildman–Crippen MR) is 154 cm³/mol. The van der Waals surface area contributed by atoms with Crippen molar-refractivity contribution in [2.75, 3.05) is 18.4 Å². The van der Waals surface area contributed by atoms with Gasteiger partial charge in [-0.15, -0.1) is 0 Å². The highest BCUT2D eigenvalue weighted by atomic mass is 32.2. The van der Waals surface area contributed by atoms with Crippen molar-refractivity contribution >= 4 is 32.7 Å². The number of nitrogens with zero attached hydrogens (tertiary/aromatic N) is 4. The average molecular weight is 550 g/mol. The Hall–Kier alpha value is -2.78. The molecule has 8 nitrogen and oxygen atoms in total. The van der Waals surface area contributed by atoms with E-state index >= 15 is 0 Å². The van der Waals surface area contributed by atoms with Gasteiger partial charge in [-0.3, -0.25) is 9.36 Å². The highest BCUT2D eigenvalue weighted by Gasteiger charge is 2.49. The third-order valence-electron chi connectivity index (χ3n) is 9.50. The lowest BCUT2D eigenvalue weighted by Gasteiger charge is -2.53. The number of hydrogen-bond donors (Lipinski definition) is 1. The van der Waals surface area contributed by atoms with Crippen LogP contribution in [-0.2, 0) is 10.0 Å². The number of aromatic nitrogens is 3. The Labute approximate surface area is 230 Å². The first-order chi connectivity index (χ1) is 18.6. The zero-order valence-electron chi connectivity index (χ0n) is 23.2. The molecule has 1 saturated heterocycles. The van der Waals surface area contributed by atoms with Crippen LogP contribution in [0.1, 0.15) is 76.8 Å². The molecule has 39 heavy (non-hydrogen) atoms. The van der Waals surface area contributed by atoms with Gasteiger partial charge in [0.05, 0.1) is 4.90 Å². The van der Waals surface area contributed by atoms with E-state index < -0.39 is 10.0 Å². The van der Waals surface area contributed by atoms with Gasteiger partial charge in [0.2, 0.25) is 16.0 Å². The van der Waals surface area contributed by atoms with E-state index in [0.29, 0.717) is 35.5 Å². The number of pyridine rings is 1. The SMILES string of the molecule is Cc1cc(S(=O)(=O)N2CC3(CCC(C(C)C)CC3)C2)ccc1Nc1ncc2ccc(=O)n(C3CCCC3)c2n1. The molecule has 3 aliphatic rings. The third kappa shape index (κ3) is 4.88. The number of sulfonamides is 1. The summed E-state index contributed by atoms with van der Waals surface area (Å²) < 4.78 is 30.3. The Morgan fingerprint density at radius 3 is 2.41 bits per heavy atom. The highest BCUT2D eigenvalue weighted by Crippen LogP contribution is 2.48. The highest BCUT2D eigenvalue weighted by molar-refractivity contribution is 7.89. The van der Waals surface area contributed by atoms with Gasteiger partial charge in [-0.25, -0.2) is 13.4 Å². The molecule has 1 aromatic carbocycles. The molecule has 0 unspecified atom stereocenters. The van der Waals surface area contributed by atoms with Gasteiger partial charge in [0, 0.05) is 42.5 Å². The summed E-state index contributed by atoms with van der Waals surface area (Å²) in [6.07, 6.45) is 10.6. The first-order valence-electron chi connectivity index (χ1n) is 14.4. The standard InChI is InChI=1S/C30H39N5O3S/c1-20(2)22-12-14-30(15-13-22)18-34(19-30)39(37,38)25-9-10-26(21(3)16-25)32-29-31-17-23-8-11-27(36)35(28(23)33-29)24-6-4-5-7-24/h8-11,16-17,20,22,24H,4-7,12-15,18-19H2,1-3H3,(H,31,32,33). The lowest BCUT2D eigenvalue weighted by atomic mass is 9.65. The molecule has 1 N–H and O–H groups in total. The van der Waals surface area contributed by atoms with Crippen LogP contribution in [0, 0.1) is 24.2 Å². The van der Waals surface area contributed by atoms with Gasteiger partial charge in [-0.2, -0.15) is 9.29 Å². The fraction of sp³-hybridized carbons (Fsp3) is 0.567. The molecule has 0 atom stereocenters. The number of nitrogens with one attached hydrogen (secondary N) is 1. The molecule has 3 heterocycles. The van der Waals surface area contributed by atoms with Crippen LogP contribution in [0.4, 0.5) is 11.6 Å². The topological polar surface area (TPSA) is 97.2 Å². The van der Waals surface area contributed by atoms with Crippen molar-refractivity contribution in [1.29, 1.82) is 0 Å². The van der Waals surface area contributed by atoms with Crippen LogP contribution >= 0.6 is 0 Å². The second-order valence-corrected chi connectivity index (χ2v) is 14.3. The van der Waals surface area contributed by atoms with E-state index in [0.717, 1.165) is 61.1 Å². The predicted octanol–water partition coefficient (Wildman–Crippen LogP) is 5.80. The number of hydrogen-bond acceptors (Lipinski definition) is 6. The first-order valence-corrected chi connectivity index (χ1v) is 15.9. The zero-order valence-corrected chi connectivity index (χ0v) is 24.0. The van der Waals surface area contributed by atoms with Crippen molar-refractivity contribution in [2.45, 2.75) is 83.1 Å². The summed E-state index contributed by atoms with van der Waals surface area (Å²) in [4.78, 5) is 22.2. The molecule has 6 rings (SSSR count). The summed E-state index contributed by atoms with van der Waals surface area (Å²) >= 11 is 0. The van der Waals surface area contributed by atoms with Gasteiger partial charge in [-0.1, -0.05) is 26.7 Å². The van der Waals surface area contributed by atoms with Crippen molar-refractivity contribution in [3.05, 3.63) is 52.4 Å². The van der Waals surface area contributed by atoms with E-state index in [-0.39, 0.29) is 17.0 Å². The van der Waals surface area contributed by atoms with Gasteiger partial charge in [0.1, 0.15) is 5.65 Å². The maximum Gasteiger partial charge on any atom is 0.252 e. The first kappa shape index (κ1) is 26.4. The molecule has 9 heteroatoms. The summed E-state index contributed by atoms with van der Waals surface area (Å²) in [5, 5.41) is 4.08. The molecule has 0 radical (unpaired) electrons. The van der Waals surface area contributed by atoms with Crippen LogP contribution in [0.2, 0.25) is 0 Å². The van der Waals surface area contributed by atoms with Crippen molar-refractivity contribution in [3.63, 3.8) is 0 Å². The molecule has 1 aliphatic heterocycles. The largest absolute Gasteiger partial charge is 0.324 e. The van der Waals surface area contributed by atoms with Gasteiger partial charge in [0.15, 0.2) is 0 Å². The lowest BCUT2D eigenvalue weighted by Crippen LogP contribution is -2.59. The minimum absolute atomic E-state index is 0.0365. The minimum atomic E-state index is -3.53. The molecule has 1 spiro atoms. The van der Waals surface area contributed by atoms with Crippen molar-refractivity contribution in [1.82, 2.24) is 18.8 Å². The summed E-state index contributed by atoms with van der Waals surface area (Å²) in [7, 11) is -3.53. The zero-order chi connectivity index (χ0) is 27.4. The fourth-order valence-electron chi connectivity index (χ4n) is 6.93. The summed E-state index contributed by atoms with van der Waals surface area (Å²) in [6.45, 7) is 7.74. The molecule has 2 aromatic heterocycles. The van der Waals surface area contributed by atoms with Crippen LogP contribution in [0.25, 0.3) is 11.0 Å². The molecule has 3 fully saturated rings. The minimum Gasteiger partial charge on any atom is -0.324 e. The molecule has 208 valence electrons.